The molecule has 1 atom stereocenters. The quantitative estimate of drug-likeness (QED) is 0.267. The number of methoxy groups -OCH3 is 1. The van der Waals surface area contributed by atoms with Gasteiger partial charge in [0.05, 0.1) is 31.3 Å². The van der Waals surface area contributed by atoms with Crippen molar-refractivity contribution in [3.63, 3.8) is 0 Å². The van der Waals surface area contributed by atoms with Crippen molar-refractivity contribution in [3.8, 4) is 5.75 Å². The zero-order chi connectivity index (χ0) is 24.1. The molecule has 176 valence electrons. The Morgan fingerprint density at radius 1 is 1.11 bits per heavy atom. The summed E-state index contributed by atoms with van der Waals surface area (Å²) in [5.41, 5.74) is 2.81. The van der Waals surface area contributed by atoms with E-state index in [1.54, 1.807) is 24.6 Å². The van der Waals surface area contributed by atoms with Crippen molar-refractivity contribution in [3.05, 3.63) is 81.7 Å². The molecule has 0 bridgehead atoms. The average Bonchev–Trinajstić information content (AvgIpc) is 3.26. The van der Waals surface area contributed by atoms with Crippen LogP contribution in [0.4, 0.5) is 5.00 Å². The molecule has 2 aromatic carbocycles. The number of anilines is 1. The van der Waals surface area contributed by atoms with E-state index < -0.39 is 23.9 Å². The number of hydrogen-bond acceptors (Lipinski definition) is 9. The van der Waals surface area contributed by atoms with Gasteiger partial charge in [-0.25, -0.2) is 0 Å². The van der Waals surface area contributed by atoms with E-state index in [0.717, 1.165) is 11.1 Å². The van der Waals surface area contributed by atoms with Gasteiger partial charge in [0.2, 0.25) is 0 Å². The Kier molecular flexibility index (Phi) is 11.9. The van der Waals surface area contributed by atoms with E-state index in [1.807, 2.05) is 24.3 Å². The van der Waals surface area contributed by atoms with Crippen molar-refractivity contribution in [2.24, 2.45) is 4.99 Å². The fourth-order valence-electron chi connectivity index (χ4n) is 3.39. The third kappa shape index (κ3) is 7.56. The molecule has 1 aromatic heterocycles. The van der Waals surface area contributed by atoms with Crippen LogP contribution in [0.15, 0.2) is 58.9 Å². The number of thiophene rings is 1. The third-order valence-electron chi connectivity index (χ3n) is 5.16. The molecule has 0 fully saturated rings. The third-order valence-corrected chi connectivity index (χ3v) is 6.12. The van der Waals surface area contributed by atoms with E-state index >= 15 is 0 Å². The van der Waals surface area contributed by atoms with Gasteiger partial charge in [0.1, 0.15) is 5.75 Å². The number of aliphatic imine (C=N–C) groups is 1. The number of hydrogen-bond donors (Lipinski definition) is 2. The Morgan fingerprint density at radius 2 is 1.86 bits per heavy atom. The fraction of sp³-hybridized carbons (Fsp3) is 0.208. The Balaban J connectivity index is 0.00000228. The van der Waals surface area contributed by atoms with Crippen LogP contribution in [0.5, 0.6) is 5.75 Å². The molecule has 2 heterocycles. The number of nitrogens with zero attached hydrogens (tertiary/aromatic N) is 1. The van der Waals surface area contributed by atoms with Gasteiger partial charge in [-0.05, 0) is 45.7 Å². The molecule has 12 heteroatoms. The molecular formula is C24H21N3Na2O6S. The second-order valence-electron chi connectivity index (χ2n) is 7.49. The van der Waals surface area contributed by atoms with Gasteiger partial charge < -0.3 is 35.1 Å². The van der Waals surface area contributed by atoms with E-state index in [4.69, 9.17) is 9.47 Å². The molecule has 1 aliphatic heterocycles. The zero-order valence-corrected chi connectivity index (χ0v) is 25.0. The number of carbonyl (C=O) groups excluding carboxylic acids is 2. The Hall–Kier alpha value is -1.89. The van der Waals surface area contributed by atoms with Gasteiger partial charge in [0.15, 0.2) is 6.17 Å². The summed E-state index contributed by atoms with van der Waals surface area (Å²) < 4.78 is 10.9. The summed E-state index contributed by atoms with van der Waals surface area (Å²) in [5, 5.41) is 31.6. The first-order valence-electron chi connectivity index (χ1n) is 10.4. The van der Waals surface area contributed by atoms with Crippen molar-refractivity contribution in [1.82, 2.24) is 5.32 Å². The summed E-state index contributed by atoms with van der Waals surface area (Å²) in [6.07, 6.45) is -1.01. The maximum Gasteiger partial charge on any atom is 1.00 e. The maximum atomic E-state index is 12.7. The Labute approximate surface area is 256 Å². The zero-order valence-electron chi connectivity index (χ0n) is 20.2. The SMILES string of the molecule is COc1cccc(CNC(=O)C2N=C([O-])c3c(COCc4ccc(C(=O)[O-])cc4)csc3N2)c1.[Na+].[Na+]. The van der Waals surface area contributed by atoms with Gasteiger partial charge in [-0.1, -0.05) is 36.4 Å². The van der Waals surface area contributed by atoms with Crippen LogP contribution in [0, 0.1) is 0 Å². The van der Waals surface area contributed by atoms with Crippen molar-refractivity contribution in [1.29, 1.82) is 0 Å². The Bertz CT molecular complexity index is 1230. The first kappa shape index (κ1) is 30.3. The molecule has 1 amide bonds. The number of fused-ring (bicyclic) bond motifs is 1. The number of ether oxygens (including phenoxy) is 2. The monoisotopic (exact) mass is 525 g/mol. The van der Waals surface area contributed by atoms with Crippen LogP contribution in [-0.2, 0) is 29.3 Å². The summed E-state index contributed by atoms with van der Waals surface area (Å²) >= 11 is 1.31. The molecule has 2 N–H and O–H groups in total. The van der Waals surface area contributed by atoms with E-state index in [0.29, 0.717) is 21.9 Å². The fourth-order valence-corrected chi connectivity index (χ4v) is 4.35. The molecule has 0 saturated carbocycles. The second-order valence-corrected chi connectivity index (χ2v) is 8.37. The number of rotatable bonds is 9. The second kappa shape index (κ2) is 14.2. The van der Waals surface area contributed by atoms with Gasteiger partial charge in [0, 0.05) is 12.1 Å². The van der Waals surface area contributed by atoms with Crippen molar-refractivity contribution >= 4 is 34.1 Å². The van der Waals surface area contributed by atoms with E-state index in [1.165, 1.54) is 23.5 Å². The number of aromatic carboxylic acids is 1. The van der Waals surface area contributed by atoms with Crippen LogP contribution in [0.2, 0.25) is 0 Å². The number of carboxylic acids is 1. The molecule has 4 rings (SSSR count). The average molecular weight is 525 g/mol. The van der Waals surface area contributed by atoms with Crippen LogP contribution < -0.4 is 84.7 Å². The smallest absolute Gasteiger partial charge is 0.858 e. The van der Waals surface area contributed by atoms with Crippen molar-refractivity contribution in [2.45, 2.75) is 25.9 Å². The molecule has 9 nitrogen and oxygen atoms in total. The van der Waals surface area contributed by atoms with Crippen molar-refractivity contribution in [2.75, 3.05) is 12.4 Å². The van der Waals surface area contributed by atoms with Crippen LogP contribution >= 0.6 is 11.3 Å². The number of benzene rings is 2. The Morgan fingerprint density at radius 3 is 2.56 bits per heavy atom. The van der Waals surface area contributed by atoms with Crippen LogP contribution in [0.25, 0.3) is 0 Å². The summed E-state index contributed by atoms with van der Waals surface area (Å²) in [6, 6.07) is 13.5. The molecule has 1 unspecified atom stereocenters. The van der Waals surface area contributed by atoms with E-state index in [9.17, 15) is 19.8 Å². The number of nitrogens with one attached hydrogen (secondary N) is 2. The largest absolute Gasteiger partial charge is 1.00 e. The maximum absolute atomic E-state index is 12.7. The molecule has 0 spiro atoms. The van der Waals surface area contributed by atoms with Gasteiger partial charge in [-0.2, -0.15) is 0 Å². The predicted octanol–water partition coefficient (Wildman–Crippen LogP) is -4.98. The van der Waals surface area contributed by atoms with Crippen molar-refractivity contribution < 1.29 is 88.4 Å². The van der Waals surface area contributed by atoms with Crippen LogP contribution in [0.3, 0.4) is 0 Å². The minimum Gasteiger partial charge on any atom is -0.858 e. The van der Waals surface area contributed by atoms with Crippen LogP contribution in [-0.4, -0.2) is 31.0 Å². The minimum atomic E-state index is -1.24. The number of carbonyl (C=O) groups is 2. The standard InChI is InChI=1S/C24H23N3O6S.2Na/c1-32-18-4-2-3-15(9-18)10-25-22(29)20-26-21(28)19-17(13-34-23(19)27-20)12-33-11-14-5-7-16(8-6-14)24(30)31;;/h2-9,13,20,27H,10-12H2,1H3,(H,25,29)(H,26,28)(H,30,31);;/q;2*+1/p-2. The van der Waals surface area contributed by atoms with Gasteiger partial charge in [0.25, 0.3) is 5.91 Å². The van der Waals surface area contributed by atoms with E-state index in [2.05, 4.69) is 15.6 Å². The molecule has 3 aromatic rings. The van der Waals surface area contributed by atoms with Gasteiger partial charge >= 0.3 is 59.1 Å². The van der Waals surface area contributed by atoms with E-state index in [-0.39, 0.29) is 84.4 Å². The topological polar surface area (TPSA) is 135 Å². The minimum absolute atomic E-state index is 0. The number of amides is 1. The van der Waals surface area contributed by atoms with Gasteiger partial charge in [-0.3, -0.25) is 9.79 Å². The first-order valence-corrected chi connectivity index (χ1v) is 11.2. The first-order chi connectivity index (χ1) is 16.4. The summed E-state index contributed by atoms with van der Waals surface area (Å²) in [4.78, 5) is 27.4. The molecule has 0 saturated heterocycles. The summed E-state index contributed by atoms with van der Waals surface area (Å²) in [7, 11) is 1.57. The van der Waals surface area contributed by atoms with Crippen LogP contribution in [0.1, 0.15) is 32.6 Å². The number of carboxylic acid groups (broad SMARTS) is 1. The molecule has 36 heavy (non-hydrogen) atoms. The van der Waals surface area contributed by atoms with Gasteiger partial charge in [-0.15, -0.1) is 11.3 Å². The predicted molar refractivity (Wildman–Crippen MR) is 122 cm³/mol. The molecule has 0 aliphatic carbocycles. The summed E-state index contributed by atoms with van der Waals surface area (Å²) in [5.74, 6) is -1.43. The molecule has 0 radical (unpaired) electrons. The molecular weight excluding hydrogens is 504 g/mol. The molecule has 1 aliphatic rings. The normalized spacial score (nSPS) is 13.7. The summed E-state index contributed by atoms with van der Waals surface area (Å²) in [6.45, 7) is 0.688.